The summed E-state index contributed by atoms with van der Waals surface area (Å²) >= 11 is 0. The lowest BCUT2D eigenvalue weighted by molar-refractivity contribution is -0.111. The Balaban J connectivity index is 1.56. The molecule has 0 unspecified atom stereocenters. The number of rotatable bonds is 4. The number of hydrogen-bond acceptors (Lipinski definition) is 3. The number of nitrogens with one attached hydrogen (secondary N) is 1. The summed E-state index contributed by atoms with van der Waals surface area (Å²) in [4.78, 5) is 21.1. The molecule has 0 saturated heterocycles. The molecule has 5 nitrogen and oxygen atoms in total. The summed E-state index contributed by atoms with van der Waals surface area (Å²) in [7, 11) is 0. The number of fused-ring (bicyclic) bond motifs is 1. The Hall–Kier alpha value is -3.73. The third-order valence-corrected chi connectivity index (χ3v) is 4.27. The summed E-state index contributed by atoms with van der Waals surface area (Å²) in [6.45, 7) is 2.00. The van der Waals surface area contributed by atoms with Crippen LogP contribution in [0.4, 0.5) is 5.69 Å². The highest BCUT2D eigenvalue weighted by Crippen LogP contribution is 2.25. The quantitative estimate of drug-likeness (QED) is 0.554. The lowest BCUT2D eigenvalue weighted by Gasteiger charge is -2.05. The first kappa shape index (κ1) is 16.7. The predicted octanol–water partition coefficient (Wildman–Crippen LogP) is 4.36. The highest BCUT2D eigenvalue weighted by Gasteiger charge is 2.11. The van der Waals surface area contributed by atoms with E-state index in [2.05, 4.69) is 15.3 Å². The minimum atomic E-state index is -0.176. The van der Waals surface area contributed by atoms with Crippen molar-refractivity contribution in [3.63, 3.8) is 0 Å². The van der Waals surface area contributed by atoms with Crippen molar-refractivity contribution >= 4 is 23.4 Å². The van der Waals surface area contributed by atoms with Crippen LogP contribution in [0.3, 0.4) is 0 Å². The number of aromatic nitrogens is 3. The minimum Gasteiger partial charge on any atom is -0.322 e. The second-order valence-corrected chi connectivity index (χ2v) is 6.15. The van der Waals surface area contributed by atoms with Gasteiger partial charge in [-0.05, 0) is 36.8 Å². The van der Waals surface area contributed by atoms with Gasteiger partial charge in [0.1, 0.15) is 0 Å². The van der Waals surface area contributed by atoms with E-state index in [0.717, 1.165) is 28.2 Å². The van der Waals surface area contributed by atoms with Gasteiger partial charge in [0, 0.05) is 35.4 Å². The van der Waals surface area contributed by atoms with Crippen molar-refractivity contribution in [1.29, 1.82) is 0 Å². The van der Waals surface area contributed by atoms with Gasteiger partial charge in [-0.25, -0.2) is 9.97 Å². The molecule has 0 atom stereocenters. The van der Waals surface area contributed by atoms with Crippen LogP contribution in [-0.2, 0) is 4.79 Å². The van der Waals surface area contributed by atoms with E-state index < -0.39 is 0 Å². The molecule has 5 heteroatoms. The number of hydrogen-bond donors (Lipinski definition) is 1. The van der Waals surface area contributed by atoms with Gasteiger partial charge < -0.3 is 5.32 Å². The first-order valence-corrected chi connectivity index (χ1v) is 8.65. The zero-order valence-electron chi connectivity index (χ0n) is 14.8. The van der Waals surface area contributed by atoms with Gasteiger partial charge in [-0.15, -0.1) is 0 Å². The van der Waals surface area contributed by atoms with Crippen LogP contribution < -0.4 is 5.32 Å². The normalized spacial score (nSPS) is 11.1. The maximum atomic E-state index is 12.2. The molecule has 0 aliphatic carbocycles. The van der Waals surface area contributed by atoms with Gasteiger partial charge in [0.15, 0.2) is 0 Å². The number of anilines is 1. The molecule has 2 aromatic heterocycles. The molecule has 2 heterocycles. The molecule has 0 spiro atoms. The minimum absolute atomic E-state index is 0.176. The standard InChI is InChI=1S/C22H18N4O/c1-16-21(25-22-23-13-6-14-26(16)22)18-9-5-10-19(15-18)24-20(27)12-11-17-7-3-2-4-8-17/h2-15H,1H3,(H,24,27)/b12-11-. The first-order chi connectivity index (χ1) is 13.2. The van der Waals surface area contributed by atoms with E-state index in [1.54, 1.807) is 12.3 Å². The zero-order valence-corrected chi connectivity index (χ0v) is 14.8. The number of benzene rings is 2. The van der Waals surface area contributed by atoms with E-state index in [-0.39, 0.29) is 5.91 Å². The van der Waals surface area contributed by atoms with Crippen LogP contribution in [0, 0.1) is 6.92 Å². The molecule has 1 amide bonds. The van der Waals surface area contributed by atoms with E-state index in [4.69, 9.17) is 0 Å². The maximum absolute atomic E-state index is 12.2. The molecule has 0 aliphatic rings. The molecule has 2 aromatic carbocycles. The first-order valence-electron chi connectivity index (χ1n) is 8.65. The fourth-order valence-electron chi connectivity index (χ4n) is 2.94. The third-order valence-electron chi connectivity index (χ3n) is 4.27. The fourth-order valence-corrected chi connectivity index (χ4v) is 2.94. The van der Waals surface area contributed by atoms with Gasteiger partial charge in [-0.2, -0.15) is 0 Å². The van der Waals surface area contributed by atoms with Crippen molar-refractivity contribution in [2.24, 2.45) is 0 Å². The number of carbonyl (C=O) groups excluding carboxylic acids is 1. The summed E-state index contributed by atoms with van der Waals surface area (Å²) in [6.07, 6.45) is 6.98. The van der Waals surface area contributed by atoms with Crippen LogP contribution >= 0.6 is 0 Å². The van der Waals surface area contributed by atoms with E-state index in [1.807, 2.05) is 78.2 Å². The topological polar surface area (TPSA) is 59.3 Å². The van der Waals surface area contributed by atoms with Crippen LogP contribution in [0.15, 0.2) is 79.1 Å². The molecular weight excluding hydrogens is 336 g/mol. The molecule has 4 aromatic rings. The second-order valence-electron chi connectivity index (χ2n) is 6.15. The third kappa shape index (κ3) is 3.62. The average Bonchev–Trinajstić information content (AvgIpc) is 3.04. The Kier molecular flexibility index (Phi) is 4.49. The number of nitrogens with zero attached hydrogens (tertiary/aromatic N) is 3. The summed E-state index contributed by atoms with van der Waals surface area (Å²) in [5.41, 5.74) is 4.49. The van der Waals surface area contributed by atoms with Crippen molar-refractivity contribution in [3.05, 3.63) is 90.4 Å². The van der Waals surface area contributed by atoms with Crippen molar-refractivity contribution < 1.29 is 4.79 Å². The number of carbonyl (C=O) groups is 1. The Labute approximate surface area is 157 Å². The molecule has 132 valence electrons. The Morgan fingerprint density at radius 1 is 1.07 bits per heavy atom. The molecule has 0 fully saturated rings. The monoisotopic (exact) mass is 354 g/mol. The number of amides is 1. The van der Waals surface area contributed by atoms with Crippen LogP contribution in [-0.4, -0.2) is 20.3 Å². The SMILES string of the molecule is Cc1c(-c2cccc(NC(=O)/C=C\c3ccccc3)c2)nc2ncccn12. The van der Waals surface area contributed by atoms with Gasteiger partial charge in [0.25, 0.3) is 0 Å². The summed E-state index contributed by atoms with van der Waals surface area (Å²) < 4.78 is 1.95. The average molecular weight is 354 g/mol. The van der Waals surface area contributed by atoms with Gasteiger partial charge in [0.2, 0.25) is 11.7 Å². The van der Waals surface area contributed by atoms with E-state index >= 15 is 0 Å². The highest BCUT2D eigenvalue weighted by atomic mass is 16.1. The molecule has 0 bridgehead atoms. The molecule has 0 saturated carbocycles. The Morgan fingerprint density at radius 3 is 2.74 bits per heavy atom. The molecule has 1 N–H and O–H groups in total. The van der Waals surface area contributed by atoms with Crippen molar-refractivity contribution in [3.8, 4) is 11.3 Å². The smallest absolute Gasteiger partial charge is 0.248 e. The Morgan fingerprint density at radius 2 is 1.93 bits per heavy atom. The van der Waals surface area contributed by atoms with Crippen molar-refractivity contribution in [2.45, 2.75) is 6.92 Å². The second kappa shape index (κ2) is 7.25. The molecule has 0 aliphatic heterocycles. The van der Waals surface area contributed by atoms with Gasteiger partial charge in [0.05, 0.1) is 5.69 Å². The van der Waals surface area contributed by atoms with Crippen LogP contribution in [0.5, 0.6) is 0 Å². The lowest BCUT2D eigenvalue weighted by atomic mass is 10.1. The number of aryl methyl sites for hydroxylation is 1. The highest BCUT2D eigenvalue weighted by molar-refractivity contribution is 6.02. The molecular formula is C22H18N4O. The summed E-state index contributed by atoms with van der Waals surface area (Å²) in [5, 5.41) is 2.90. The fraction of sp³-hybridized carbons (Fsp3) is 0.0455. The lowest BCUT2D eigenvalue weighted by Crippen LogP contribution is -2.07. The van der Waals surface area contributed by atoms with E-state index in [1.165, 1.54) is 6.08 Å². The van der Waals surface area contributed by atoms with Crippen molar-refractivity contribution in [2.75, 3.05) is 5.32 Å². The van der Waals surface area contributed by atoms with E-state index in [0.29, 0.717) is 5.78 Å². The van der Waals surface area contributed by atoms with Gasteiger partial charge in [-0.3, -0.25) is 9.20 Å². The van der Waals surface area contributed by atoms with Crippen LogP contribution in [0.25, 0.3) is 23.1 Å². The Bertz CT molecular complexity index is 1130. The number of imidazole rings is 1. The molecule has 0 radical (unpaired) electrons. The van der Waals surface area contributed by atoms with Gasteiger partial charge >= 0.3 is 0 Å². The summed E-state index contributed by atoms with van der Waals surface area (Å²) in [6, 6.07) is 19.3. The zero-order chi connectivity index (χ0) is 18.6. The van der Waals surface area contributed by atoms with Crippen LogP contribution in [0.2, 0.25) is 0 Å². The predicted molar refractivity (Wildman–Crippen MR) is 107 cm³/mol. The molecule has 27 heavy (non-hydrogen) atoms. The van der Waals surface area contributed by atoms with E-state index in [9.17, 15) is 4.79 Å². The largest absolute Gasteiger partial charge is 0.322 e. The summed E-state index contributed by atoms with van der Waals surface area (Å²) in [5.74, 6) is 0.481. The van der Waals surface area contributed by atoms with Crippen molar-refractivity contribution in [1.82, 2.24) is 14.4 Å². The molecule has 4 rings (SSSR count). The van der Waals surface area contributed by atoms with Gasteiger partial charge in [-0.1, -0.05) is 42.5 Å². The van der Waals surface area contributed by atoms with Crippen LogP contribution in [0.1, 0.15) is 11.3 Å². The maximum Gasteiger partial charge on any atom is 0.248 e.